The van der Waals surface area contributed by atoms with Crippen LogP contribution in [0.2, 0.25) is 10.0 Å². The van der Waals surface area contributed by atoms with Crippen LogP contribution in [-0.2, 0) is 6.42 Å². The number of amides is 1. The molecule has 4 rings (SSSR count). The predicted molar refractivity (Wildman–Crippen MR) is 133 cm³/mol. The summed E-state index contributed by atoms with van der Waals surface area (Å²) in [5.41, 5.74) is 4.90. The fourth-order valence-electron chi connectivity index (χ4n) is 3.34. The number of carbonyl (C=O) groups excluding carboxylic acids is 1. The highest BCUT2D eigenvalue weighted by Gasteiger charge is 2.14. The zero-order valence-corrected chi connectivity index (χ0v) is 18.7. The van der Waals surface area contributed by atoms with Gasteiger partial charge in [0, 0.05) is 51.8 Å². The van der Waals surface area contributed by atoms with Crippen molar-refractivity contribution in [1.29, 1.82) is 0 Å². The number of rotatable bonds is 7. The van der Waals surface area contributed by atoms with Gasteiger partial charge in [0.05, 0.1) is 0 Å². The minimum Gasteiger partial charge on any atom is -0.385 e. The largest absolute Gasteiger partial charge is 0.385 e. The number of nitrogens with zero attached hydrogens (tertiary/aromatic N) is 1. The first-order chi connectivity index (χ1) is 15.6. The molecule has 4 aromatic rings. The molecule has 0 saturated carbocycles. The lowest BCUT2D eigenvalue weighted by Crippen LogP contribution is -2.13. The molecule has 1 heterocycles. The molecule has 0 aliphatic carbocycles. The number of carbonyl (C=O) groups is 1. The van der Waals surface area contributed by atoms with Gasteiger partial charge in [0.25, 0.3) is 5.91 Å². The number of benzene rings is 3. The maximum Gasteiger partial charge on any atom is 0.256 e. The van der Waals surface area contributed by atoms with Crippen LogP contribution in [0.5, 0.6) is 0 Å². The van der Waals surface area contributed by atoms with Gasteiger partial charge in [0.15, 0.2) is 0 Å². The summed E-state index contributed by atoms with van der Waals surface area (Å²) in [6.45, 7) is 0.773. The second-order valence-electron chi connectivity index (χ2n) is 7.23. The second kappa shape index (κ2) is 10.3. The Kier molecular flexibility index (Phi) is 7.05. The maximum absolute atomic E-state index is 13.0. The average Bonchev–Trinajstić information content (AvgIpc) is 2.81. The van der Waals surface area contributed by atoms with Crippen LogP contribution >= 0.6 is 23.2 Å². The monoisotopic (exact) mass is 461 g/mol. The Balaban J connectivity index is 1.42. The maximum atomic E-state index is 13.0. The van der Waals surface area contributed by atoms with Gasteiger partial charge in [0.1, 0.15) is 0 Å². The highest BCUT2D eigenvalue weighted by molar-refractivity contribution is 6.31. The van der Waals surface area contributed by atoms with Gasteiger partial charge in [-0.25, -0.2) is 0 Å². The van der Waals surface area contributed by atoms with Crippen molar-refractivity contribution in [3.63, 3.8) is 0 Å². The molecule has 1 aromatic heterocycles. The van der Waals surface area contributed by atoms with Crippen LogP contribution in [0.15, 0.2) is 91.1 Å². The Morgan fingerprint density at radius 2 is 1.53 bits per heavy atom. The van der Waals surface area contributed by atoms with E-state index in [-0.39, 0.29) is 5.91 Å². The highest BCUT2D eigenvalue weighted by Crippen LogP contribution is 2.28. The molecule has 1 amide bonds. The van der Waals surface area contributed by atoms with Crippen LogP contribution in [-0.4, -0.2) is 17.4 Å². The Bertz CT molecular complexity index is 1190. The predicted octanol–water partition coefficient (Wildman–Crippen LogP) is 6.96. The van der Waals surface area contributed by atoms with Crippen molar-refractivity contribution in [3.05, 3.63) is 112 Å². The van der Waals surface area contributed by atoms with Gasteiger partial charge in [-0.1, -0.05) is 47.5 Å². The summed E-state index contributed by atoms with van der Waals surface area (Å²) in [5.74, 6) is -0.228. The van der Waals surface area contributed by atoms with Gasteiger partial charge >= 0.3 is 0 Å². The van der Waals surface area contributed by atoms with Crippen molar-refractivity contribution in [2.24, 2.45) is 0 Å². The SMILES string of the molecule is O=C(Nc1ccc(NCCc2ccccn2)cc1)c1cc(Cl)ccc1-c1ccc(Cl)cc1. The summed E-state index contributed by atoms with van der Waals surface area (Å²) in [7, 11) is 0. The van der Waals surface area contributed by atoms with Crippen molar-refractivity contribution < 1.29 is 4.79 Å². The van der Waals surface area contributed by atoms with E-state index in [1.165, 1.54) is 0 Å². The molecule has 32 heavy (non-hydrogen) atoms. The summed E-state index contributed by atoms with van der Waals surface area (Å²) in [6, 6.07) is 26.2. The first-order valence-electron chi connectivity index (χ1n) is 10.2. The third-order valence-electron chi connectivity index (χ3n) is 4.96. The molecule has 160 valence electrons. The minimum atomic E-state index is -0.228. The topological polar surface area (TPSA) is 54.0 Å². The molecule has 0 unspecified atom stereocenters. The van der Waals surface area contributed by atoms with E-state index in [0.29, 0.717) is 21.3 Å². The Morgan fingerprint density at radius 1 is 0.812 bits per heavy atom. The van der Waals surface area contributed by atoms with Gasteiger partial charge < -0.3 is 10.6 Å². The van der Waals surface area contributed by atoms with E-state index in [1.807, 2.05) is 60.7 Å². The van der Waals surface area contributed by atoms with Crippen LogP contribution in [0.4, 0.5) is 11.4 Å². The zero-order valence-electron chi connectivity index (χ0n) is 17.2. The number of pyridine rings is 1. The van der Waals surface area contributed by atoms with Crippen molar-refractivity contribution in [3.8, 4) is 11.1 Å². The summed E-state index contributed by atoms with van der Waals surface area (Å²) in [5, 5.41) is 7.46. The van der Waals surface area contributed by atoms with Crippen LogP contribution < -0.4 is 10.6 Å². The highest BCUT2D eigenvalue weighted by atomic mass is 35.5. The lowest BCUT2D eigenvalue weighted by Gasteiger charge is -2.12. The summed E-state index contributed by atoms with van der Waals surface area (Å²) in [6.07, 6.45) is 2.63. The molecule has 0 fully saturated rings. The third kappa shape index (κ3) is 5.67. The molecule has 0 aliphatic rings. The molecule has 0 bridgehead atoms. The van der Waals surface area contributed by atoms with E-state index in [4.69, 9.17) is 23.2 Å². The van der Waals surface area contributed by atoms with Crippen LogP contribution in [0.25, 0.3) is 11.1 Å². The quantitative estimate of drug-likeness (QED) is 0.312. The third-order valence-corrected chi connectivity index (χ3v) is 5.45. The molecule has 4 nitrogen and oxygen atoms in total. The Hall–Kier alpha value is -3.34. The number of nitrogens with one attached hydrogen (secondary N) is 2. The van der Waals surface area contributed by atoms with Crippen LogP contribution in [0.3, 0.4) is 0 Å². The van der Waals surface area contributed by atoms with Crippen LogP contribution in [0, 0.1) is 0 Å². The standard InChI is InChI=1S/C26H21Cl2N3O/c27-19-6-4-18(5-7-19)24-13-8-20(28)17-25(24)26(32)31-23-11-9-22(10-12-23)30-16-14-21-3-1-2-15-29-21/h1-13,15,17,30H,14,16H2,(H,31,32). The number of aromatic nitrogens is 1. The number of anilines is 2. The van der Waals surface area contributed by atoms with Crippen molar-refractivity contribution >= 4 is 40.5 Å². The first-order valence-corrected chi connectivity index (χ1v) is 10.9. The van der Waals surface area contributed by atoms with Gasteiger partial charge in [-0.05, 0) is 71.8 Å². The first kappa shape index (κ1) is 21.9. The smallest absolute Gasteiger partial charge is 0.256 e. The fraction of sp³-hybridized carbons (Fsp3) is 0.0769. The Labute approximate surface area is 197 Å². The summed E-state index contributed by atoms with van der Waals surface area (Å²) >= 11 is 12.2. The van der Waals surface area contributed by atoms with Crippen molar-refractivity contribution in [2.75, 3.05) is 17.2 Å². The van der Waals surface area contributed by atoms with E-state index in [9.17, 15) is 4.79 Å². The van der Waals surface area contributed by atoms with E-state index < -0.39 is 0 Å². The van der Waals surface area contributed by atoms with E-state index >= 15 is 0 Å². The minimum absolute atomic E-state index is 0.228. The van der Waals surface area contributed by atoms with E-state index in [2.05, 4.69) is 15.6 Å². The normalized spacial score (nSPS) is 10.6. The fourth-order valence-corrected chi connectivity index (χ4v) is 3.63. The Morgan fingerprint density at radius 3 is 2.25 bits per heavy atom. The average molecular weight is 462 g/mol. The van der Waals surface area contributed by atoms with Crippen molar-refractivity contribution in [1.82, 2.24) is 4.98 Å². The summed E-state index contributed by atoms with van der Waals surface area (Å²) in [4.78, 5) is 17.3. The van der Waals surface area contributed by atoms with E-state index in [1.54, 1.807) is 30.5 Å². The van der Waals surface area contributed by atoms with Gasteiger partial charge in [-0.15, -0.1) is 0 Å². The molecule has 0 saturated heterocycles. The van der Waals surface area contributed by atoms with Gasteiger partial charge in [-0.3, -0.25) is 9.78 Å². The van der Waals surface area contributed by atoms with Crippen molar-refractivity contribution in [2.45, 2.75) is 6.42 Å². The number of hydrogen-bond acceptors (Lipinski definition) is 3. The lowest BCUT2D eigenvalue weighted by atomic mass is 9.99. The molecule has 0 radical (unpaired) electrons. The molecular formula is C26H21Cl2N3O. The van der Waals surface area contributed by atoms with Gasteiger partial charge in [0.2, 0.25) is 0 Å². The zero-order chi connectivity index (χ0) is 22.3. The molecule has 0 atom stereocenters. The molecule has 0 spiro atoms. The molecule has 3 aromatic carbocycles. The second-order valence-corrected chi connectivity index (χ2v) is 8.10. The lowest BCUT2D eigenvalue weighted by molar-refractivity contribution is 0.102. The van der Waals surface area contributed by atoms with Gasteiger partial charge in [-0.2, -0.15) is 0 Å². The van der Waals surface area contributed by atoms with Crippen LogP contribution in [0.1, 0.15) is 16.1 Å². The summed E-state index contributed by atoms with van der Waals surface area (Å²) < 4.78 is 0. The molecule has 0 aliphatic heterocycles. The molecule has 2 N–H and O–H groups in total. The number of halogens is 2. The molecule has 6 heteroatoms. The number of hydrogen-bond donors (Lipinski definition) is 2. The molecular weight excluding hydrogens is 441 g/mol. The van der Waals surface area contributed by atoms with E-state index in [0.717, 1.165) is 35.5 Å².